The molecule has 0 saturated carbocycles. The number of anilines is 2. The van der Waals surface area contributed by atoms with E-state index in [1.165, 1.54) is 19.6 Å². The molecule has 2 aromatic heterocycles. The zero-order chi connectivity index (χ0) is 24.1. The number of nitrogens with zero attached hydrogens (tertiary/aromatic N) is 6. The number of methoxy groups -OCH3 is 1. The van der Waals surface area contributed by atoms with Gasteiger partial charge in [-0.15, -0.1) is 0 Å². The predicted octanol–water partition coefficient (Wildman–Crippen LogP) is 3.24. The van der Waals surface area contributed by atoms with Gasteiger partial charge in [0.15, 0.2) is 11.0 Å². The molecule has 0 atom stereocenters. The molecule has 10 nitrogen and oxygen atoms in total. The highest BCUT2D eigenvalue weighted by molar-refractivity contribution is 6.31. The molecular weight excluding hydrogens is 458 g/mol. The lowest BCUT2D eigenvalue weighted by atomic mass is 10.2. The van der Waals surface area contributed by atoms with Gasteiger partial charge >= 0.3 is 0 Å². The number of nitrogens with one attached hydrogen (secondary N) is 1. The Morgan fingerprint density at radius 2 is 1.88 bits per heavy atom. The largest absolute Gasteiger partial charge is 0.492 e. The molecule has 4 rings (SSSR count). The molecule has 1 fully saturated rings. The highest BCUT2D eigenvalue weighted by atomic mass is 35.5. The molecule has 0 amide bonds. The van der Waals surface area contributed by atoms with Crippen LogP contribution in [0.4, 0.5) is 11.6 Å². The third-order valence-corrected chi connectivity index (χ3v) is 5.74. The van der Waals surface area contributed by atoms with Crippen LogP contribution in [-0.2, 0) is 0 Å². The quantitative estimate of drug-likeness (QED) is 0.484. The van der Waals surface area contributed by atoms with Crippen molar-refractivity contribution in [2.75, 3.05) is 58.8 Å². The van der Waals surface area contributed by atoms with Crippen LogP contribution < -0.4 is 19.5 Å². The zero-order valence-electron chi connectivity index (χ0n) is 19.9. The number of aromatic nitrogens is 4. The van der Waals surface area contributed by atoms with Gasteiger partial charge in [-0.05, 0) is 20.9 Å². The Bertz CT molecular complexity index is 1120. The van der Waals surface area contributed by atoms with Gasteiger partial charge in [-0.25, -0.2) is 15.0 Å². The van der Waals surface area contributed by atoms with E-state index in [0.717, 1.165) is 32.7 Å². The highest BCUT2D eigenvalue weighted by Gasteiger charge is 2.17. The molecule has 0 radical (unpaired) electrons. The maximum atomic E-state index is 6.24. The number of halogens is 1. The fourth-order valence-corrected chi connectivity index (χ4v) is 3.80. The van der Waals surface area contributed by atoms with Crippen LogP contribution in [-0.4, -0.2) is 89.3 Å². The maximum Gasteiger partial charge on any atom is 0.234 e. The van der Waals surface area contributed by atoms with Crippen LogP contribution in [0.25, 0.3) is 10.9 Å². The van der Waals surface area contributed by atoms with Gasteiger partial charge in [-0.2, -0.15) is 4.98 Å². The second-order valence-corrected chi connectivity index (χ2v) is 8.73. The van der Waals surface area contributed by atoms with Crippen LogP contribution in [0.15, 0.2) is 24.7 Å². The molecule has 1 aliphatic heterocycles. The number of hydrogen-bond donors (Lipinski definition) is 1. The molecule has 34 heavy (non-hydrogen) atoms. The molecule has 1 aromatic carbocycles. The van der Waals surface area contributed by atoms with Crippen molar-refractivity contribution in [3.8, 4) is 17.4 Å². The third kappa shape index (κ3) is 5.94. The first kappa shape index (κ1) is 24.2. The Hall–Kier alpha value is -2.95. The van der Waals surface area contributed by atoms with Crippen LogP contribution in [0.3, 0.4) is 0 Å². The van der Waals surface area contributed by atoms with E-state index in [1.807, 2.05) is 26.0 Å². The van der Waals surface area contributed by atoms with Crippen LogP contribution in [0.5, 0.6) is 17.4 Å². The average Bonchev–Trinajstić information content (AvgIpc) is 2.81. The Labute approximate surface area is 204 Å². The maximum absolute atomic E-state index is 6.24. The molecule has 0 bridgehead atoms. The smallest absolute Gasteiger partial charge is 0.234 e. The third-order valence-electron chi connectivity index (χ3n) is 5.46. The molecule has 0 unspecified atom stereocenters. The zero-order valence-corrected chi connectivity index (χ0v) is 20.7. The Kier molecular flexibility index (Phi) is 7.81. The van der Waals surface area contributed by atoms with Gasteiger partial charge in [0.1, 0.15) is 30.3 Å². The van der Waals surface area contributed by atoms with E-state index in [9.17, 15) is 0 Å². The number of ether oxygens (including phenoxy) is 3. The molecule has 3 heterocycles. The van der Waals surface area contributed by atoms with Crippen molar-refractivity contribution in [1.82, 2.24) is 29.7 Å². The van der Waals surface area contributed by atoms with E-state index in [0.29, 0.717) is 46.5 Å². The molecule has 1 N–H and O–H groups in total. The second kappa shape index (κ2) is 11.0. The first-order valence-corrected chi connectivity index (χ1v) is 11.6. The summed E-state index contributed by atoms with van der Waals surface area (Å²) in [7, 11) is 3.67. The average molecular weight is 488 g/mol. The number of hydrogen-bond acceptors (Lipinski definition) is 10. The molecule has 3 aromatic rings. The van der Waals surface area contributed by atoms with Gasteiger partial charge < -0.3 is 24.4 Å². The lowest BCUT2D eigenvalue weighted by molar-refractivity contribution is 0.133. The molecule has 11 heteroatoms. The van der Waals surface area contributed by atoms with Gasteiger partial charge in [0.25, 0.3) is 0 Å². The van der Waals surface area contributed by atoms with Gasteiger partial charge in [0.05, 0.1) is 30.3 Å². The minimum absolute atomic E-state index is 0.0583. The SMILES string of the molecule is COc1cnc(Cl)c(Nc2ncnc3cc(OCCN4CCN(C)CC4)cc(OC(C)C)c23)n1. The molecule has 182 valence electrons. The van der Waals surface area contributed by atoms with Gasteiger partial charge in [0.2, 0.25) is 5.88 Å². The predicted molar refractivity (Wildman–Crippen MR) is 132 cm³/mol. The number of rotatable bonds is 9. The topological polar surface area (TPSA) is 97.8 Å². The second-order valence-electron chi connectivity index (χ2n) is 8.37. The van der Waals surface area contributed by atoms with Crippen LogP contribution in [0, 0.1) is 0 Å². The van der Waals surface area contributed by atoms with Crippen molar-refractivity contribution >= 4 is 34.1 Å². The van der Waals surface area contributed by atoms with Crippen molar-refractivity contribution < 1.29 is 14.2 Å². The van der Waals surface area contributed by atoms with Crippen molar-refractivity contribution in [2.45, 2.75) is 20.0 Å². The van der Waals surface area contributed by atoms with E-state index in [4.69, 9.17) is 25.8 Å². The lowest BCUT2D eigenvalue weighted by Crippen LogP contribution is -2.45. The van der Waals surface area contributed by atoms with Crippen LogP contribution in [0.1, 0.15) is 13.8 Å². The number of fused-ring (bicyclic) bond motifs is 1. The first-order chi connectivity index (χ1) is 16.4. The normalized spacial score (nSPS) is 15.0. The summed E-state index contributed by atoms with van der Waals surface area (Å²) in [5.41, 5.74) is 0.678. The van der Waals surface area contributed by atoms with E-state index in [-0.39, 0.29) is 11.3 Å². The minimum atomic E-state index is -0.0583. The van der Waals surface area contributed by atoms with Crippen molar-refractivity contribution in [2.24, 2.45) is 0 Å². The van der Waals surface area contributed by atoms with E-state index >= 15 is 0 Å². The molecular formula is C23H30ClN7O3. The van der Waals surface area contributed by atoms with E-state index in [1.54, 1.807) is 0 Å². The van der Waals surface area contributed by atoms with E-state index < -0.39 is 0 Å². The summed E-state index contributed by atoms with van der Waals surface area (Å²) in [5.74, 6) is 2.45. The summed E-state index contributed by atoms with van der Waals surface area (Å²) in [6, 6.07) is 3.76. The molecule has 0 aliphatic carbocycles. The molecule has 1 aliphatic rings. The number of benzene rings is 1. The van der Waals surface area contributed by atoms with Gasteiger partial charge in [0, 0.05) is 44.9 Å². The fraction of sp³-hybridized carbons (Fsp3) is 0.478. The summed E-state index contributed by atoms with van der Waals surface area (Å²) in [4.78, 5) is 22.0. The summed E-state index contributed by atoms with van der Waals surface area (Å²) < 4.78 is 17.4. The summed E-state index contributed by atoms with van der Waals surface area (Å²) >= 11 is 6.24. The monoisotopic (exact) mass is 487 g/mol. The summed E-state index contributed by atoms with van der Waals surface area (Å²) in [5, 5.41) is 4.04. The molecule has 1 saturated heterocycles. The Morgan fingerprint density at radius 3 is 2.62 bits per heavy atom. The standard InChI is InChI=1S/C23H30ClN7O3/c1-15(2)34-18-12-16(33-10-9-31-7-5-30(3)6-8-31)11-17-20(18)22(27-14-26-17)29-23-21(24)25-13-19(28-23)32-4/h11-15H,5-10H2,1-4H3,(H,26,27,28,29). The highest BCUT2D eigenvalue weighted by Crippen LogP contribution is 2.36. The Morgan fingerprint density at radius 1 is 1.09 bits per heavy atom. The van der Waals surface area contributed by atoms with Crippen LogP contribution >= 0.6 is 11.6 Å². The van der Waals surface area contributed by atoms with Gasteiger partial charge in [-0.3, -0.25) is 4.90 Å². The first-order valence-electron chi connectivity index (χ1n) is 11.3. The van der Waals surface area contributed by atoms with Crippen LogP contribution in [0.2, 0.25) is 5.15 Å². The lowest BCUT2D eigenvalue weighted by Gasteiger charge is -2.32. The van der Waals surface area contributed by atoms with Crippen molar-refractivity contribution in [1.29, 1.82) is 0 Å². The number of likely N-dealkylation sites (N-methyl/N-ethyl adjacent to an activating group) is 1. The minimum Gasteiger partial charge on any atom is -0.492 e. The molecule has 0 spiro atoms. The summed E-state index contributed by atoms with van der Waals surface area (Å²) in [6.45, 7) is 9.65. The van der Waals surface area contributed by atoms with Crippen molar-refractivity contribution in [3.05, 3.63) is 29.8 Å². The van der Waals surface area contributed by atoms with E-state index in [2.05, 4.69) is 42.1 Å². The number of piperazine rings is 1. The van der Waals surface area contributed by atoms with Gasteiger partial charge in [-0.1, -0.05) is 11.6 Å². The van der Waals surface area contributed by atoms with Crippen molar-refractivity contribution in [3.63, 3.8) is 0 Å². The Balaban J connectivity index is 1.59. The fourth-order valence-electron chi connectivity index (χ4n) is 3.67. The summed E-state index contributed by atoms with van der Waals surface area (Å²) in [6.07, 6.45) is 2.86.